The summed E-state index contributed by atoms with van der Waals surface area (Å²) in [7, 11) is 0. The van der Waals surface area contributed by atoms with Gasteiger partial charge in [-0.3, -0.25) is 9.48 Å². The second kappa shape index (κ2) is 8.52. The maximum Gasteiger partial charge on any atom is 0.338 e. The fourth-order valence-electron chi connectivity index (χ4n) is 4.12. The Kier molecular flexibility index (Phi) is 5.40. The van der Waals surface area contributed by atoms with Gasteiger partial charge in [0.2, 0.25) is 0 Å². The van der Waals surface area contributed by atoms with Crippen LogP contribution in [0, 0.1) is 0 Å². The first-order chi connectivity index (χ1) is 16.1. The van der Waals surface area contributed by atoms with Gasteiger partial charge < -0.3 is 14.6 Å². The van der Waals surface area contributed by atoms with Gasteiger partial charge in [0.25, 0.3) is 0 Å². The van der Waals surface area contributed by atoms with Crippen LogP contribution in [0.2, 0.25) is 0 Å². The summed E-state index contributed by atoms with van der Waals surface area (Å²) in [4.78, 5) is 24.7. The number of carbonyl (C=O) groups excluding carboxylic acids is 2. The molecule has 0 saturated carbocycles. The number of aliphatic hydroxyl groups is 1. The molecule has 1 N–H and O–H groups in total. The first-order valence-corrected chi connectivity index (χ1v) is 10.8. The Balaban J connectivity index is 1.34. The van der Waals surface area contributed by atoms with Crippen molar-refractivity contribution in [3.8, 4) is 17.0 Å². The number of benzene rings is 3. The zero-order valence-corrected chi connectivity index (χ0v) is 18.0. The third kappa shape index (κ3) is 3.76. The van der Waals surface area contributed by atoms with Crippen LogP contribution in [0.3, 0.4) is 0 Å². The Morgan fingerprint density at radius 1 is 1.00 bits per heavy atom. The van der Waals surface area contributed by atoms with Crippen LogP contribution in [0.25, 0.3) is 22.2 Å². The third-order valence-electron chi connectivity index (χ3n) is 5.64. The third-order valence-corrected chi connectivity index (χ3v) is 5.64. The normalized spacial score (nSPS) is 13.0. The predicted octanol–water partition coefficient (Wildman–Crippen LogP) is 3.86. The number of carbonyl (C=O) groups is 2. The van der Waals surface area contributed by atoms with Crippen LogP contribution in [0.1, 0.15) is 33.2 Å². The van der Waals surface area contributed by atoms with Crippen molar-refractivity contribution in [2.24, 2.45) is 0 Å². The number of aliphatic hydroxyl groups excluding tert-OH is 1. The molecule has 7 heteroatoms. The topological polar surface area (TPSA) is 90.7 Å². The minimum absolute atomic E-state index is 0.0154. The first kappa shape index (κ1) is 20.9. The lowest BCUT2D eigenvalue weighted by atomic mass is 9.87. The largest absolute Gasteiger partial charge is 0.491 e. The van der Waals surface area contributed by atoms with E-state index >= 15 is 0 Å². The van der Waals surface area contributed by atoms with Gasteiger partial charge in [-0.2, -0.15) is 5.10 Å². The highest BCUT2D eigenvalue weighted by atomic mass is 16.5. The molecule has 0 bridgehead atoms. The van der Waals surface area contributed by atoms with Crippen LogP contribution in [-0.2, 0) is 11.3 Å². The van der Waals surface area contributed by atoms with E-state index in [1.807, 2.05) is 42.5 Å². The van der Waals surface area contributed by atoms with Crippen molar-refractivity contribution in [3.63, 3.8) is 0 Å². The van der Waals surface area contributed by atoms with Crippen LogP contribution in [0.4, 0.5) is 0 Å². The summed E-state index contributed by atoms with van der Waals surface area (Å²) in [6, 6.07) is 19.6. The minimum Gasteiger partial charge on any atom is -0.491 e. The molecule has 1 aliphatic rings. The Hall–Kier alpha value is -3.97. The molecule has 1 heterocycles. The number of nitrogens with zero attached hydrogens (tertiary/aromatic N) is 2. The summed E-state index contributed by atoms with van der Waals surface area (Å²) in [5.74, 6) is 0.133. The van der Waals surface area contributed by atoms with E-state index in [0.717, 1.165) is 22.2 Å². The molecule has 7 nitrogen and oxygen atoms in total. The van der Waals surface area contributed by atoms with Gasteiger partial charge in [0, 0.05) is 22.1 Å². The molecule has 4 aromatic rings. The lowest BCUT2D eigenvalue weighted by molar-refractivity contribution is 0.0526. The molecule has 33 heavy (non-hydrogen) atoms. The maximum absolute atomic E-state index is 13.0. The lowest BCUT2D eigenvalue weighted by Gasteiger charge is -2.14. The average Bonchev–Trinajstić information content (AvgIpc) is 3.21. The summed E-state index contributed by atoms with van der Waals surface area (Å²) in [6.07, 6.45) is -0.832. The molecule has 1 unspecified atom stereocenters. The van der Waals surface area contributed by atoms with Crippen molar-refractivity contribution >= 4 is 22.7 Å². The number of ether oxygens (including phenoxy) is 2. The number of esters is 1. The first-order valence-electron chi connectivity index (χ1n) is 10.8. The lowest BCUT2D eigenvalue weighted by Crippen LogP contribution is -2.24. The van der Waals surface area contributed by atoms with Crippen LogP contribution < -0.4 is 4.74 Å². The second-order valence-corrected chi connectivity index (χ2v) is 7.81. The number of fused-ring (bicyclic) bond motifs is 2. The van der Waals surface area contributed by atoms with Crippen LogP contribution in [0.5, 0.6) is 5.75 Å². The molecule has 0 aliphatic heterocycles. The quantitative estimate of drug-likeness (QED) is 0.385. The molecule has 1 atom stereocenters. The number of hydrogen-bond donors (Lipinski definition) is 1. The summed E-state index contributed by atoms with van der Waals surface area (Å²) in [6.45, 7) is 2.32. The van der Waals surface area contributed by atoms with E-state index in [0.29, 0.717) is 29.0 Å². The molecular formula is C26H22N2O5. The summed E-state index contributed by atoms with van der Waals surface area (Å²) < 4.78 is 12.4. The number of hydrogen-bond acceptors (Lipinski definition) is 6. The van der Waals surface area contributed by atoms with E-state index < -0.39 is 6.10 Å². The molecular weight excluding hydrogens is 420 g/mol. The van der Waals surface area contributed by atoms with E-state index in [4.69, 9.17) is 14.6 Å². The molecule has 3 aromatic carbocycles. The smallest absolute Gasteiger partial charge is 0.338 e. The van der Waals surface area contributed by atoms with E-state index in [9.17, 15) is 14.7 Å². The fourth-order valence-corrected chi connectivity index (χ4v) is 4.12. The Morgan fingerprint density at radius 2 is 1.73 bits per heavy atom. The molecule has 0 fully saturated rings. The van der Waals surface area contributed by atoms with Crippen LogP contribution in [0.15, 0.2) is 66.7 Å². The molecule has 1 aliphatic carbocycles. The van der Waals surface area contributed by atoms with Gasteiger partial charge in [-0.05, 0) is 37.3 Å². The maximum atomic E-state index is 13.0. The molecule has 0 spiro atoms. The SMILES string of the molecule is CCOC(=O)c1ccc(OCC(O)Cn2nc3c4c(cccc42)C(=O)c2ccccc2-3)cc1. The Bertz CT molecular complexity index is 1360. The molecule has 1 aromatic heterocycles. The summed E-state index contributed by atoms with van der Waals surface area (Å²) in [5.41, 5.74) is 4.05. The fraction of sp³-hybridized carbons (Fsp3) is 0.192. The highest BCUT2D eigenvalue weighted by Crippen LogP contribution is 2.38. The highest BCUT2D eigenvalue weighted by Gasteiger charge is 2.28. The number of rotatable bonds is 7. The average molecular weight is 442 g/mol. The van der Waals surface area contributed by atoms with Crippen LogP contribution in [-0.4, -0.2) is 46.0 Å². The Morgan fingerprint density at radius 3 is 2.48 bits per heavy atom. The van der Waals surface area contributed by atoms with Crippen molar-refractivity contribution in [2.75, 3.05) is 13.2 Å². The monoisotopic (exact) mass is 442 g/mol. The zero-order valence-electron chi connectivity index (χ0n) is 18.0. The van der Waals surface area contributed by atoms with Crippen molar-refractivity contribution in [3.05, 3.63) is 83.4 Å². The van der Waals surface area contributed by atoms with Gasteiger partial charge in [0.05, 0.1) is 24.2 Å². The van der Waals surface area contributed by atoms with Gasteiger partial charge in [-0.25, -0.2) is 4.79 Å². The standard InChI is InChI=1S/C26H22N2O5/c1-2-32-26(31)16-10-12-18(13-11-16)33-15-17(29)14-28-22-9-5-8-21-23(22)24(27-28)19-6-3-4-7-20(19)25(21)30/h3-13,17,29H,2,14-15H2,1H3. The van der Waals surface area contributed by atoms with E-state index in [2.05, 4.69) is 0 Å². The van der Waals surface area contributed by atoms with Crippen molar-refractivity contribution in [1.82, 2.24) is 9.78 Å². The zero-order chi connectivity index (χ0) is 22.9. The van der Waals surface area contributed by atoms with Gasteiger partial charge in [0.1, 0.15) is 24.2 Å². The van der Waals surface area contributed by atoms with Crippen molar-refractivity contribution in [2.45, 2.75) is 19.6 Å². The van der Waals surface area contributed by atoms with Gasteiger partial charge in [-0.15, -0.1) is 0 Å². The summed E-state index contributed by atoms with van der Waals surface area (Å²) >= 11 is 0. The van der Waals surface area contributed by atoms with E-state index in [1.54, 1.807) is 35.9 Å². The minimum atomic E-state index is -0.832. The van der Waals surface area contributed by atoms with Gasteiger partial charge in [-0.1, -0.05) is 36.4 Å². The van der Waals surface area contributed by atoms with E-state index in [-0.39, 0.29) is 24.9 Å². The van der Waals surface area contributed by atoms with Crippen molar-refractivity contribution in [1.29, 1.82) is 0 Å². The van der Waals surface area contributed by atoms with Gasteiger partial charge in [0.15, 0.2) is 5.78 Å². The number of ketones is 1. The van der Waals surface area contributed by atoms with Gasteiger partial charge >= 0.3 is 5.97 Å². The summed E-state index contributed by atoms with van der Waals surface area (Å²) in [5, 5.41) is 16.2. The van der Waals surface area contributed by atoms with E-state index in [1.165, 1.54) is 0 Å². The molecule has 0 radical (unpaired) electrons. The van der Waals surface area contributed by atoms with Crippen molar-refractivity contribution < 1.29 is 24.2 Å². The van der Waals surface area contributed by atoms with Crippen LogP contribution >= 0.6 is 0 Å². The highest BCUT2D eigenvalue weighted by molar-refractivity contribution is 6.25. The second-order valence-electron chi connectivity index (χ2n) is 7.81. The molecule has 0 amide bonds. The molecule has 5 rings (SSSR count). The molecule has 166 valence electrons. The molecule has 0 saturated heterocycles. The number of aromatic nitrogens is 2. The predicted molar refractivity (Wildman–Crippen MR) is 123 cm³/mol. The Labute approximate surface area is 190 Å².